The van der Waals surface area contributed by atoms with Crippen LogP contribution in [0.15, 0.2) is 48.0 Å². The highest BCUT2D eigenvalue weighted by molar-refractivity contribution is 7.13. The molecule has 0 aliphatic carbocycles. The molecule has 0 radical (unpaired) electrons. The zero-order valence-corrected chi connectivity index (χ0v) is 14.7. The summed E-state index contributed by atoms with van der Waals surface area (Å²) in [4.78, 5) is 33.4. The minimum absolute atomic E-state index is 0.0793. The molecule has 3 aromatic rings. The number of para-hydroxylation sites is 1. The molecule has 0 fully saturated rings. The van der Waals surface area contributed by atoms with E-state index in [2.05, 4.69) is 20.6 Å². The monoisotopic (exact) mass is 354 g/mol. The number of carbonyl (C=O) groups is 2. The Morgan fingerprint density at radius 1 is 1.12 bits per heavy atom. The molecule has 0 saturated heterocycles. The van der Waals surface area contributed by atoms with Gasteiger partial charge in [-0.2, -0.15) is 0 Å². The van der Waals surface area contributed by atoms with Gasteiger partial charge in [0.15, 0.2) is 5.13 Å². The number of fused-ring (bicyclic) bond motifs is 1. The quantitative estimate of drug-likeness (QED) is 0.737. The van der Waals surface area contributed by atoms with Gasteiger partial charge in [0.05, 0.1) is 5.52 Å². The van der Waals surface area contributed by atoms with Crippen molar-refractivity contribution in [3.63, 3.8) is 0 Å². The first-order valence-electron chi connectivity index (χ1n) is 7.91. The first-order valence-corrected chi connectivity index (χ1v) is 8.79. The predicted octanol–water partition coefficient (Wildman–Crippen LogP) is 3.08. The third kappa shape index (κ3) is 4.00. The summed E-state index contributed by atoms with van der Waals surface area (Å²) < 4.78 is 0. The number of amides is 2. The lowest BCUT2D eigenvalue weighted by Gasteiger charge is -2.21. The summed E-state index contributed by atoms with van der Waals surface area (Å²) >= 11 is 1.33. The molecule has 128 valence electrons. The highest BCUT2D eigenvalue weighted by Crippen LogP contribution is 2.14. The summed E-state index contributed by atoms with van der Waals surface area (Å²) in [6, 6.07) is 10.4. The Bertz CT molecular complexity index is 893. The van der Waals surface area contributed by atoms with Crippen LogP contribution in [0.2, 0.25) is 0 Å². The van der Waals surface area contributed by atoms with Crippen molar-refractivity contribution in [2.45, 2.75) is 19.9 Å². The summed E-state index contributed by atoms with van der Waals surface area (Å²) in [6.07, 6.45) is 1.61. The maximum absolute atomic E-state index is 12.5. The van der Waals surface area contributed by atoms with Crippen LogP contribution in [0.25, 0.3) is 10.9 Å². The van der Waals surface area contributed by atoms with Crippen LogP contribution in [-0.4, -0.2) is 27.8 Å². The lowest BCUT2D eigenvalue weighted by Crippen LogP contribution is -2.47. The lowest BCUT2D eigenvalue weighted by molar-refractivity contribution is -0.118. The molecule has 2 amide bonds. The molecule has 0 spiro atoms. The van der Waals surface area contributed by atoms with Gasteiger partial charge in [0.25, 0.3) is 5.91 Å². The smallest absolute Gasteiger partial charge is 0.270 e. The molecule has 0 saturated carbocycles. The van der Waals surface area contributed by atoms with Gasteiger partial charge in [-0.15, -0.1) is 11.3 Å². The minimum atomic E-state index is -0.676. The topological polar surface area (TPSA) is 84.0 Å². The van der Waals surface area contributed by atoms with Gasteiger partial charge in [-0.05, 0) is 18.1 Å². The van der Waals surface area contributed by atoms with Crippen molar-refractivity contribution in [2.75, 3.05) is 5.32 Å². The Kier molecular flexibility index (Phi) is 5.04. The number of anilines is 1. The maximum Gasteiger partial charge on any atom is 0.270 e. The summed E-state index contributed by atoms with van der Waals surface area (Å²) in [5, 5.41) is 8.74. The van der Waals surface area contributed by atoms with Crippen molar-refractivity contribution in [3.8, 4) is 0 Å². The number of rotatable bonds is 5. The predicted molar refractivity (Wildman–Crippen MR) is 98.6 cm³/mol. The van der Waals surface area contributed by atoms with E-state index in [1.807, 2.05) is 44.2 Å². The van der Waals surface area contributed by atoms with Crippen LogP contribution in [-0.2, 0) is 4.79 Å². The van der Waals surface area contributed by atoms with Crippen LogP contribution in [0.1, 0.15) is 24.3 Å². The van der Waals surface area contributed by atoms with E-state index in [9.17, 15) is 9.59 Å². The maximum atomic E-state index is 12.5. The first kappa shape index (κ1) is 17.0. The van der Waals surface area contributed by atoms with Crippen molar-refractivity contribution in [3.05, 3.63) is 53.7 Å². The number of aromatic nitrogens is 2. The zero-order valence-electron chi connectivity index (χ0n) is 13.9. The van der Waals surface area contributed by atoms with Crippen molar-refractivity contribution < 1.29 is 9.59 Å². The molecular formula is C18H18N4O2S. The number of hydrogen-bond donors (Lipinski definition) is 2. The van der Waals surface area contributed by atoms with Crippen LogP contribution >= 0.6 is 11.3 Å². The van der Waals surface area contributed by atoms with E-state index in [1.165, 1.54) is 11.3 Å². The van der Waals surface area contributed by atoms with Gasteiger partial charge in [-0.3, -0.25) is 9.59 Å². The van der Waals surface area contributed by atoms with Crippen LogP contribution < -0.4 is 10.6 Å². The van der Waals surface area contributed by atoms with E-state index in [-0.39, 0.29) is 23.4 Å². The van der Waals surface area contributed by atoms with Crippen molar-refractivity contribution in [1.29, 1.82) is 0 Å². The molecule has 2 N–H and O–H groups in total. The van der Waals surface area contributed by atoms with E-state index in [0.717, 1.165) is 10.9 Å². The summed E-state index contributed by atoms with van der Waals surface area (Å²) in [6.45, 7) is 3.75. The van der Waals surface area contributed by atoms with E-state index in [0.29, 0.717) is 5.13 Å². The fourth-order valence-electron chi connectivity index (χ4n) is 2.41. The standard InChI is InChI=1S/C18H18N4O2S/c1-11(2)15(17(24)22-18-19-9-10-25-18)21-16(23)14-8-7-12-5-3-4-6-13(12)20-14/h3-11,15H,1-2H3,(H,21,23)(H,19,22,24)/t15-/m0/s1. The largest absolute Gasteiger partial charge is 0.339 e. The van der Waals surface area contributed by atoms with Crippen molar-refractivity contribution >= 4 is 39.2 Å². The molecule has 6 nitrogen and oxygen atoms in total. The van der Waals surface area contributed by atoms with Gasteiger partial charge in [-0.1, -0.05) is 38.1 Å². The first-order chi connectivity index (χ1) is 12.0. The number of nitrogens with zero attached hydrogens (tertiary/aromatic N) is 2. The lowest BCUT2D eigenvalue weighted by atomic mass is 10.0. The van der Waals surface area contributed by atoms with E-state index < -0.39 is 6.04 Å². The minimum Gasteiger partial charge on any atom is -0.339 e. The number of carbonyl (C=O) groups excluding carboxylic acids is 2. The average molecular weight is 354 g/mol. The SMILES string of the molecule is CC(C)[C@H](NC(=O)c1ccc2ccccc2n1)C(=O)Nc1nccs1. The highest BCUT2D eigenvalue weighted by atomic mass is 32.1. The summed E-state index contributed by atoms with van der Waals surface area (Å²) in [5.41, 5.74) is 1.02. The Balaban J connectivity index is 1.76. The second-order valence-corrected chi connectivity index (χ2v) is 6.81. The van der Waals surface area contributed by atoms with Crippen molar-refractivity contribution in [2.24, 2.45) is 5.92 Å². The fraction of sp³-hybridized carbons (Fsp3) is 0.222. The molecular weight excluding hydrogens is 336 g/mol. The van der Waals surface area contributed by atoms with Crippen molar-refractivity contribution in [1.82, 2.24) is 15.3 Å². The zero-order chi connectivity index (χ0) is 17.8. The highest BCUT2D eigenvalue weighted by Gasteiger charge is 2.25. The molecule has 0 aliphatic rings. The van der Waals surface area contributed by atoms with E-state index >= 15 is 0 Å². The van der Waals surface area contributed by atoms with Crippen LogP contribution in [0, 0.1) is 5.92 Å². The van der Waals surface area contributed by atoms with E-state index in [1.54, 1.807) is 17.6 Å². The van der Waals surface area contributed by atoms with Crippen LogP contribution in [0.3, 0.4) is 0 Å². The molecule has 0 unspecified atom stereocenters. The molecule has 2 aromatic heterocycles. The molecule has 1 aromatic carbocycles. The van der Waals surface area contributed by atoms with Gasteiger partial charge in [-0.25, -0.2) is 9.97 Å². The molecule has 3 rings (SSSR count). The van der Waals surface area contributed by atoms with Gasteiger partial charge in [0.1, 0.15) is 11.7 Å². The van der Waals surface area contributed by atoms with E-state index in [4.69, 9.17) is 0 Å². The Morgan fingerprint density at radius 2 is 1.92 bits per heavy atom. The second kappa shape index (κ2) is 7.40. The summed E-state index contributed by atoms with van der Waals surface area (Å²) in [7, 11) is 0. The molecule has 25 heavy (non-hydrogen) atoms. The van der Waals surface area contributed by atoms with Crippen LogP contribution in [0.5, 0.6) is 0 Å². The van der Waals surface area contributed by atoms with Gasteiger partial charge in [0, 0.05) is 17.0 Å². The molecule has 1 atom stereocenters. The fourth-order valence-corrected chi connectivity index (χ4v) is 2.94. The molecule has 0 bridgehead atoms. The van der Waals surface area contributed by atoms with Gasteiger partial charge in [0.2, 0.25) is 5.91 Å². The third-order valence-electron chi connectivity index (χ3n) is 3.73. The Labute approximate surface area is 149 Å². The molecule has 0 aliphatic heterocycles. The van der Waals surface area contributed by atoms with Gasteiger partial charge >= 0.3 is 0 Å². The Morgan fingerprint density at radius 3 is 2.64 bits per heavy atom. The van der Waals surface area contributed by atoms with Gasteiger partial charge < -0.3 is 10.6 Å². The van der Waals surface area contributed by atoms with Crippen LogP contribution in [0.4, 0.5) is 5.13 Å². The Hall–Kier alpha value is -2.80. The number of hydrogen-bond acceptors (Lipinski definition) is 5. The molecule has 2 heterocycles. The number of nitrogens with one attached hydrogen (secondary N) is 2. The number of pyridine rings is 1. The number of thiazole rings is 1. The molecule has 7 heteroatoms. The number of benzene rings is 1. The third-order valence-corrected chi connectivity index (χ3v) is 4.42. The second-order valence-electron chi connectivity index (χ2n) is 5.91. The normalized spacial score (nSPS) is 12.1. The summed E-state index contributed by atoms with van der Waals surface area (Å²) in [5.74, 6) is -0.748. The average Bonchev–Trinajstić information content (AvgIpc) is 3.11.